The number of nitrogens with two attached hydrogens (primary N) is 1. The quantitative estimate of drug-likeness (QED) is 0.744. The average molecular weight is 358 g/mol. The number of aromatic nitrogens is 2. The molecule has 1 aliphatic carbocycles. The third-order valence-corrected chi connectivity index (χ3v) is 4.47. The second-order valence-electron chi connectivity index (χ2n) is 6.23. The molecule has 1 aliphatic rings. The molecule has 130 valence electrons. The lowest BCUT2D eigenvalue weighted by molar-refractivity contribution is 0.229. The summed E-state index contributed by atoms with van der Waals surface area (Å²) >= 11 is 0. The van der Waals surface area contributed by atoms with Gasteiger partial charge in [0.25, 0.3) is 5.89 Å². The van der Waals surface area contributed by atoms with Gasteiger partial charge in [-0.05, 0) is 49.1 Å². The summed E-state index contributed by atoms with van der Waals surface area (Å²) in [5, 5.41) is 4.04. The van der Waals surface area contributed by atoms with Crippen molar-refractivity contribution in [2.75, 3.05) is 0 Å². The van der Waals surface area contributed by atoms with Gasteiger partial charge in [0.1, 0.15) is 12.4 Å². The molecule has 0 atom stereocenters. The van der Waals surface area contributed by atoms with Gasteiger partial charge in [0.05, 0.1) is 5.54 Å². The van der Waals surface area contributed by atoms with E-state index in [4.69, 9.17) is 15.0 Å². The molecule has 4 rings (SSSR count). The minimum absolute atomic E-state index is 0. The van der Waals surface area contributed by atoms with Crippen molar-refractivity contribution in [1.29, 1.82) is 0 Å². The summed E-state index contributed by atoms with van der Waals surface area (Å²) in [6.45, 7) is 0.542. The van der Waals surface area contributed by atoms with E-state index in [0.29, 0.717) is 18.3 Å². The lowest BCUT2D eigenvalue weighted by Gasteiger charge is -2.34. The number of halogens is 1. The zero-order chi connectivity index (χ0) is 16.4. The molecule has 0 amide bonds. The zero-order valence-corrected chi connectivity index (χ0v) is 14.5. The topological polar surface area (TPSA) is 74.2 Å². The van der Waals surface area contributed by atoms with Crippen molar-refractivity contribution in [3.63, 3.8) is 0 Å². The highest BCUT2D eigenvalue weighted by Crippen LogP contribution is 2.37. The van der Waals surface area contributed by atoms with Crippen LogP contribution in [0.3, 0.4) is 0 Å². The summed E-state index contributed by atoms with van der Waals surface area (Å²) in [6, 6.07) is 17.7. The van der Waals surface area contributed by atoms with Crippen LogP contribution in [-0.4, -0.2) is 10.1 Å². The number of rotatable bonds is 5. The van der Waals surface area contributed by atoms with Crippen molar-refractivity contribution in [3.05, 3.63) is 66.0 Å². The third-order valence-electron chi connectivity index (χ3n) is 4.47. The summed E-state index contributed by atoms with van der Waals surface area (Å²) in [5.74, 6) is 1.90. The van der Waals surface area contributed by atoms with Crippen molar-refractivity contribution in [1.82, 2.24) is 10.1 Å². The van der Waals surface area contributed by atoms with Crippen molar-refractivity contribution in [2.45, 2.75) is 31.4 Å². The third kappa shape index (κ3) is 3.67. The molecule has 0 aliphatic heterocycles. The smallest absolute Gasteiger partial charge is 0.257 e. The van der Waals surface area contributed by atoms with Crippen LogP contribution in [0.25, 0.3) is 11.5 Å². The molecule has 2 aromatic carbocycles. The van der Waals surface area contributed by atoms with E-state index in [0.717, 1.165) is 36.1 Å². The zero-order valence-electron chi connectivity index (χ0n) is 13.7. The standard InChI is InChI=1S/C19H19N3O2.ClH/c20-19(11-4-12-19)18-21-17(24-22-18)15-7-9-16(10-8-15)23-13-14-5-2-1-3-6-14;/h1-3,5-10H,4,11-13,20H2;1H. The van der Waals surface area contributed by atoms with Gasteiger partial charge in [-0.15, -0.1) is 12.4 Å². The van der Waals surface area contributed by atoms with E-state index in [1.807, 2.05) is 54.6 Å². The van der Waals surface area contributed by atoms with Gasteiger partial charge in [0.15, 0.2) is 5.82 Å². The number of benzene rings is 2. The first-order chi connectivity index (χ1) is 11.7. The fourth-order valence-electron chi connectivity index (χ4n) is 2.76. The first-order valence-corrected chi connectivity index (χ1v) is 8.13. The van der Waals surface area contributed by atoms with Gasteiger partial charge in [-0.2, -0.15) is 4.98 Å². The minimum atomic E-state index is -0.402. The van der Waals surface area contributed by atoms with Gasteiger partial charge in [-0.1, -0.05) is 35.5 Å². The van der Waals surface area contributed by atoms with Gasteiger partial charge >= 0.3 is 0 Å². The Kier molecular flexibility index (Phi) is 5.06. The molecule has 0 saturated heterocycles. The van der Waals surface area contributed by atoms with E-state index in [1.165, 1.54) is 0 Å². The summed E-state index contributed by atoms with van der Waals surface area (Å²) in [7, 11) is 0. The Balaban J connectivity index is 0.00000182. The molecule has 1 saturated carbocycles. The molecule has 0 radical (unpaired) electrons. The Morgan fingerprint density at radius 1 is 1.04 bits per heavy atom. The molecular formula is C19H20ClN3O2. The van der Waals surface area contributed by atoms with Gasteiger partial charge in [0, 0.05) is 5.56 Å². The van der Waals surface area contributed by atoms with E-state index < -0.39 is 5.54 Å². The highest BCUT2D eigenvalue weighted by molar-refractivity contribution is 5.85. The van der Waals surface area contributed by atoms with Gasteiger partial charge in [-0.3, -0.25) is 0 Å². The molecule has 0 spiro atoms. The first-order valence-electron chi connectivity index (χ1n) is 8.13. The van der Waals surface area contributed by atoms with Crippen LogP contribution in [0.5, 0.6) is 5.75 Å². The summed E-state index contributed by atoms with van der Waals surface area (Å²) in [4.78, 5) is 4.45. The Labute approximate surface area is 152 Å². The maximum Gasteiger partial charge on any atom is 0.257 e. The second kappa shape index (κ2) is 7.25. The fourth-order valence-corrected chi connectivity index (χ4v) is 2.76. The highest BCUT2D eigenvalue weighted by atomic mass is 35.5. The minimum Gasteiger partial charge on any atom is -0.489 e. The molecule has 5 nitrogen and oxygen atoms in total. The predicted molar refractivity (Wildman–Crippen MR) is 97.5 cm³/mol. The molecule has 0 unspecified atom stereocenters. The highest BCUT2D eigenvalue weighted by Gasteiger charge is 2.39. The van der Waals surface area contributed by atoms with Crippen LogP contribution in [0.2, 0.25) is 0 Å². The van der Waals surface area contributed by atoms with Crippen LogP contribution in [0.1, 0.15) is 30.7 Å². The van der Waals surface area contributed by atoms with Crippen LogP contribution >= 0.6 is 12.4 Å². The van der Waals surface area contributed by atoms with Crippen LogP contribution in [0.4, 0.5) is 0 Å². The largest absolute Gasteiger partial charge is 0.489 e. The number of ether oxygens (including phenoxy) is 1. The maximum absolute atomic E-state index is 6.23. The summed E-state index contributed by atoms with van der Waals surface area (Å²) in [6.07, 6.45) is 2.95. The van der Waals surface area contributed by atoms with Crippen LogP contribution < -0.4 is 10.5 Å². The van der Waals surface area contributed by atoms with Crippen molar-refractivity contribution in [2.24, 2.45) is 5.73 Å². The number of hydrogen-bond donors (Lipinski definition) is 1. The average Bonchev–Trinajstić information content (AvgIpc) is 3.10. The normalized spacial score (nSPS) is 15.1. The van der Waals surface area contributed by atoms with Crippen molar-refractivity contribution in [3.8, 4) is 17.2 Å². The van der Waals surface area contributed by atoms with E-state index >= 15 is 0 Å². The van der Waals surface area contributed by atoms with Gasteiger partial charge in [0.2, 0.25) is 0 Å². The van der Waals surface area contributed by atoms with E-state index in [1.54, 1.807) is 0 Å². The molecule has 6 heteroatoms. The van der Waals surface area contributed by atoms with E-state index in [2.05, 4.69) is 10.1 Å². The Morgan fingerprint density at radius 3 is 2.40 bits per heavy atom. The van der Waals surface area contributed by atoms with Crippen molar-refractivity contribution < 1.29 is 9.26 Å². The lowest BCUT2D eigenvalue weighted by atomic mass is 9.77. The Hall–Kier alpha value is -2.37. The number of hydrogen-bond acceptors (Lipinski definition) is 5. The van der Waals surface area contributed by atoms with Crippen LogP contribution in [0.15, 0.2) is 59.1 Å². The Morgan fingerprint density at radius 2 is 1.76 bits per heavy atom. The summed E-state index contributed by atoms with van der Waals surface area (Å²) in [5.41, 5.74) is 7.83. The number of nitrogens with zero attached hydrogens (tertiary/aromatic N) is 2. The predicted octanol–water partition coefficient (Wildman–Crippen LogP) is 4.08. The fraction of sp³-hybridized carbons (Fsp3) is 0.263. The van der Waals surface area contributed by atoms with E-state index in [9.17, 15) is 0 Å². The summed E-state index contributed by atoms with van der Waals surface area (Å²) < 4.78 is 11.1. The monoisotopic (exact) mass is 357 g/mol. The van der Waals surface area contributed by atoms with Gasteiger partial charge in [-0.25, -0.2) is 0 Å². The lowest BCUT2D eigenvalue weighted by Crippen LogP contribution is -2.44. The van der Waals surface area contributed by atoms with E-state index in [-0.39, 0.29) is 12.4 Å². The van der Waals surface area contributed by atoms with Gasteiger partial charge < -0.3 is 15.0 Å². The molecule has 1 aromatic heterocycles. The first kappa shape index (κ1) is 17.5. The molecule has 0 bridgehead atoms. The SMILES string of the molecule is Cl.NC1(c2noc(-c3ccc(OCc4ccccc4)cc3)n2)CCC1. The molecular weight excluding hydrogens is 338 g/mol. The maximum atomic E-state index is 6.23. The molecule has 2 N–H and O–H groups in total. The van der Waals surface area contributed by atoms with Crippen LogP contribution in [0, 0.1) is 0 Å². The van der Waals surface area contributed by atoms with Crippen molar-refractivity contribution >= 4 is 12.4 Å². The van der Waals surface area contributed by atoms with Crippen LogP contribution in [-0.2, 0) is 12.1 Å². The molecule has 3 aromatic rings. The second-order valence-corrected chi connectivity index (χ2v) is 6.23. The molecule has 1 fully saturated rings. The molecule has 1 heterocycles. The molecule has 25 heavy (non-hydrogen) atoms. The Bertz CT molecular complexity index is 814.